The summed E-state index contributed by atoms with van der Waals surface area (Å²) in [5.74, 6) is -0.415. The molecule has 5 nitrogen and oxygen atoms in total. The lowest BCUT2D eigenvalue weighted by atomic mass is 10.3. The van der Waals surface area contributed by atoms with Crippen LogP contribution in [0, 0.1) is 3.57 Å². The molecule has 22 heavy (non-hydrogen) atoms. The summed E-state index contributed by atoms with van der Waals surface area (Å²) in [6.45, 7) is -0.580. The molecule has 2 rings (SSSR count). The average molecular weight is 411 g/mol. The van der Waals surface area contributed by atoms with Crippen molar-refractivity contribution in [2.24, 2.45) is 0 Å². The summed E-state index contributed by atoms with van der Waals surface area (Å²) in [4.78, 5) is 23.1. The van der Waals surface area contributed by atoms with Crippen molar-refractivity contribution in [2.75, 3.05) is 18.5 Å². The lowest BCUT2D eigenvalue weighted by molar-refractivity contribution is -0.149. The molecular formula is C16H14INO4. The Bertz CT molecular complexity index is 628. The highest BCUT2D eigenvalue weighted by atomic mass is 127. The summed E-state index contributed by atoms with van der Waals surface area (Å²) in [6.07, 6.45) is 0. The zero-order chi connectivity index (χ0) is 15.8. The fraction of sp³-hybridized carbons (Fsp3) is 0.125. The second kappa shape index (κ2) is 8.38. The zero-order valence-corrected chi connectivity index (χ0v) is 13.8. The molecule has 0 aliphatic carbocycles. The summed E-state index contributed by atoms with van der Waals surface area (Å²) in [5, 5.41) is 2.62. The van der Waals surface area contributed by atoms with E-state index in [2.05, 4.69) is 27.9 Å². The van der Waals surface area contributed by atoms with Crippen LogP contribution in [-0.2, 0) is 14.3 Å². The van der Waals surface area contributed by atoms with Crippen molar-refractivity contribution >= 4 is 40.2 Å². The van der Waals surface area contributed by atoms with Gasteiger partial charge >= 0.3 is 5.97 Å². The number of ether oxygens (including phenoxy) is 2. The number of esters is 1. The van der Waals surface area contributed by atoms with Gasteiger partial charge in [0.05, 0.1) is 0 Å². The van der Waals surface area contributed by atoms with Crippen molar-refractivity contribution in [1.82, 2.24) is 0 Å². The number of nitrogens with one attached hydrogen (secondary N) is 1. The minimum atomic E-state index is -0.596. The van der Waals surface area contributed by atoms with Crippen LogP contribution in [0.5, 0.6) is 5.75 Å². The molecule has 1 amide bonds. The highest BCUT2D eigenvalue weighted by molar-refractivity contribution is 14.1. The fourth-order valence-electron chi connectivity index (χ4n) is 1.58. The van der Waals surface area contributed by atoms with E-state index >= 15 is 0 Å². The van der Waals surface area contributed by atoms with Crippen LogP contribution in [0.3, 0.4) is 0 Å². The van der Waals surface area contributed by atoms with Gasteiger partial charge < -0.3 is 14.8 Å². The number of carbonyl (C=O) groups excluding carboxylic acids is 2. The van der Waals surface area contributed by atoms with Crippen LogP contribution in [-0.4, -0.2) is 25.1 Å². The van der Waals surface area contributed by atoms with E-state index in [0.717, 1.165) is 3.57 Å². The first kappa shape index (κ1) is 16.3. The topological polar surface area (TPSA) is 64.6 Å². The Hall–Kier alpha value is -2.09. The lowest BCUT2D eigenvalue weighted by Crippen LogP contribution is -2.23. The number of anilines is 1. The quantitative estimate of drug-likeness (QED) is 0.587. The van der Waals surface area contributed by atoms with Gasteiger partial charge in [-0.1, -0.05) is 18.2 Å². The van der Waals surface area contributed by atoms with Crippen LogP contribution in [0.2, 0.25) is 0 Å². The van der Waals surface area contributed by atoms with Gasteiger partial charge in [-0.2, -0.15) is 0 Å². The molecule has 2 aromatic rings. The molecule has 0 heterocycles. The second-order valence-electron chi connectivity index (χ2n) is 4.32. The van der Waals surface area contributed by atoms with E-state index in [1.54, 1.807) is 36.4 Å². The predicted molar refractivity (Wildman–Crippen MR) is 90.7 cm³/mol. The average Bonchev–Trinajstić information content (AvgIpc) is 2.53. The molecule has 0 bridgehead atoms. The van der Waals surface area contributed by atoms with E-state index in [0.29, 0.717) is 11.4 Å². The Morgan fingerprint density at radius 1 is 0.955 bits per heavy atom. The summed E-state index contributed by atoms with van der Waals surface area (Å²) in [7, 11) is 0. The molecular weight excluding hydrogens is 397 g/mol. The molecule has 0 spiro atoms. The van der Waals surface area contributed by atoms with Crippen LogP contribution in [0.15, 0.2) is 54.6 Å². The SMILES string of the molecule is O=C(COC(=O)COc1ccc(I)cc1)Nc1ccccc1. The van der Waals surface area contributed by atoms with E-state index in [-0.39, 0.29) is 13.2 Å². The van der Waals surface area contributed by atoms with Gasteiger partial charge in [0, 0.05) is 9.26 Å². The molecule has 0 aliphatic rings. The molecule has 0 fully saturated rings. The smallest absolute Gasteiger partial charge is 0.344 e. The minimum Gasteiger partial charge on any atom is -0.482 e. The number of rotatable bonds is 6. The molecule has 0 unspecified atom stereocenters. The molecule has 114 valence electrons. The Morgan fingerprint density at radius 2 is 1.64 bits per heavy atom. The molecule has 1 N–H and O–H groups in total. The first-order valence-electron chi connectivity index (χ1n) is 6.52. The third kappa shape index (κ3) is 5.72. The van der Waals surface area contributed by atoms with Crippen molar-refractivity contribution in [1.29, 1.82) is 0 Å². The number of hydrogen-bond acceptors (Lipinski definition) is 4. The van der Waals surface area contributed by atoms with E-state index in [9.17, 15) is 9.59 Å². The molecule has 0 aliphatic heterocycles. The molecule has 0 saturated heterocycles. The number of para-hydroxylation sites is 1. The number of amides is 1. The highest BCUT2D eigenvalue weighted by Crippen LogP contribution is 2.13. The Balaban J connectivity index is 1.69. The molecule has 0 atom stereocenters. The number of benzene rings is 2. The maximum atomic E-state index is 11.6. The maximum Gasteiger partial charge on any atom is 0.344 e. The van der Waals surface area contributed by atoms with Crippen LogP contribution >= 0.6 is 22.6 Å². The van der Waals surface area contributed by atoms with Gasteiger partial charge in [0.15, 0.2) is 13.2 Å². The monoisotopic (exact) mass is 411 g/mol. The van der Waals surface area contributed by atoms with Crippen LogP contribution < -0.4 is 10.1 Å². The van der Waals surface area contributed by atoms with Gasteiger partial charge in [-0.3, -0.25) is 4.79 Å². The molecule has 0 aromatic heterocycles. The second-order valence-corrected chi connectivity index (χ2v) is 5.56. The van der Waals surface area contributed by atoms with Gasteiger partial charge in [0.1, 0.15) is 5.75 Å². The number of carbonyl (C=O) groups is 2. The Kier molecular flexibility index (Phi) is 6.20. The van der Waals surface area contributed by atoms with Crippen LogP contribution in [0.25, 0.3) is 0 Å². The third-order valence-corrected chi connectivity index (χ3v) is 3.31. The zero-order valence-electron chi connectivity index (χ0n) is 11.6. The molecule has 0 saturated carbocycles. The Labute approximate surface area is 141 Å². The predicted octanol–water partition coefficient (Wildman–Crippen LogP) is 2.85. The summed E-state index contributed by atoms with van der Waals surface area (Å²) in [6, 6.07) is 16.2. The van der Waals surface area contributed by atoms with E-state index in [4.69, 9.17) is 9.47 Å². The van der Waals surface area contributed by atoms with Crippen LogP contribution in [0.1, 0.15) is 0 Å². The number of hydrogen-bond donors (Lipinski definition) is 1. The summed E-state index contributed by atoms with van der Waals surface area (Å²) >= 11 is 2.18. The standard InChI is InChI=1S/C16H14INO4/c17-12-6-8-14(9-7-12)21-11-16(20)22-10-15(19)18-13-4-2-1-3-5-13/h1-9H,10-11H2,(H,18,19). The normalized spacial score (nSPS) is 9.86. The molecule has 2 aromatic carbocycles. The summed E-state index contributed by atoms with van der Waals surface area (Å²) in [5.41, 5.74) is 0.652. The minimum absolute atomic E-state index is 0.237. The van der Waals surface area contributed by atoms with Crippen molar-refractivity contribution < 1.29 is 19.1 Å². The van der Waals surface area contributed by atoms with Crippen molar-refractivity contribution in [3.63, 3.8) is 0 Å². The summed E-state index contributed by atoms with van der Waals surface area (Å²) < 4.78 is 11.2. The van der Waals surface area contributed by atoms with Gasteiger partial charge in [0.25, 0.3) is 5.91 Å². The van der Waals surface area contributed by atoms with E-state index in [1.807, 2.05) is 18.2 Å². The largest absolute Gasteiger partial charge is 0.482 e. The van der Waals surface area contributed by atoms with Crippen molar-refractivity contribution in [2.45, 2.75) is 0 Å². The van der Waals surface area contributed by atoms with Gasteiger partial charge in [-0.05, 0) is 59.0 Å². The van der Waals surface area contributed by atoms with Crippen molar-refractivity contribution in [3.8, 4) is 5.75 Å². The van der Waals surface area contributed by atoms with Gasteiger partial charge in [0.2, 0.25) is 0 Å². The highest BCUT2D eigenvalue weighted by Gasteiger charge is 2.08. The third-order valence-electron chi connectivity index (χ3n) is 2.59. The van der Waals surface area contributed by atoms with E-state index < -0.39 is 11.9 Å². The Morgan fingerprint density at radius 3 is 2.32 bits per heavy atom. The fourth-order valence-corrected chi connectivity index (χ4v) is 1.94. The molecule has 6 heteroatoms. The maximum absolute atomic E-state index is 11.6. The van der Waals surface area contributed by atoms with Gasteiger partial charge in [-0.25, -0.2) is 4.79 Å². The van der Waals surface area contributed by atoms with Gasteiger partial charge in [-0.15, -0.1) is 0 Å². The van der Waals surface area contributed by atoms with Crippen LogP contribution in [0.4, 0.5) is 5.69 Å². The van der Waals surface area contributed by atoms with Crippen molar-refractivity contribution in [3.05, 3.63) is 58.2 Å². The molecule has 0 radical (unpaired) electrons. The first-order valence-corrected chi connectivity index (χ1v) is 7.60. The van der Waals surface area contributed by atoms with E-state index in [1.165, 1.54) is 0 Å². The first-order chi connectivity index (χ1) is 10.6. The lowest BCUT2D eigenvalue weighted by Gasteiger charge is -2.08. The number of halogens is 1.